The molecule has 19 rings (SSSR count). The molecule has 2 aliphatic carbocycles. The molecule has 0 saturated carbocycles. The van der Waals surface area contributed by atoms with Crippen LogP contribution in [0.4, 0.5) is 0 Å². The van der Waals surface area contributed by atoms with Gasteiger partial charge < -0.3 is 0 Å². The van der Waals surface area contributed by atoms with Crippen molar-refractivity contribution in [3.63, 3.8) is 0 Å². The van der Waals surface area contributed by atoms with Gasteiger partial charge in [0.05, 0.1) is 0 Å². The molecule has 0 atom stereocenters. The van der Waals surface area contributed by atoms with E-state index in [0.717, 1.165) is 146 Å². The molecule has 0 fully saturated rings. The first-order valence-corrected chi connectivity index (χ1v) is 35.2. The average molecular weight is 1320 g/mol. The van der Waals surface area contributed by atoms with Gasteiger partial charge in [0.25, 0.3) is 0 Å². The fraction of sp³-hybridized carbons (Fsp3) is 0.0667. The third kappa shape index (κ3) is 8.95. The summed E-state index contributed by atoms with van der Waals surface area (Å²) in [5.74, 6) is 0. The zero-order valence-electron chi connectivity index (χ0n) is 54.3. The van der Waals surface area contributed by atoms with Crippen molar-refractivity contribution >= 4 is 55.7 Å². The van der Waals surface area contributed by atoms with Crippen LogP contribution in [0.15, 0.2) is 271 Å². The molecule has 0 radical (unpaired) electrons. The predicted molar refractivity (Wildman–Crippen MR) is 402 cm³/mol. The molecule has 17 aromatic rings. The summed E-state index contributed by atoms with van der Waals surface area (Å²) in [6.45, 7) is 9.08. The molecular weight excluding hydrogens is 1260 g/mol. The summed E-state index contributed by atoms with van der Waals surface area (Å²) in [5, 5.41) is 36.4. The maximum absolute atomic E-state index is 7.03. The Morgan fingerprint density at radius 1 is 0.286 bits per heavy atom. The van der Waals surface area contributed by atoms with Crippen molar-refractivity contribution in [3.8, 4) is 134 Å². The third-order valence-electron chi connectivity index (χ3n) is 20.8. The standard InChI is InChI=1S/C90H60N6OSe/c1-51-46-69-61-35-16-14-32-58(61)48-71(69)78(53(51)3)85-87(57-30-12-7-13-31-57)91-95-93-89(85)73-50-68(56-28-10-6-11-29-56)84(83(67-41-25-45-77-81(67)65-39-21-23-44-76(65)98-77)82(73)66-40-24-43-75-80(66)64-38-20-22-42-74(64)97-75)90-86(79-54(4)52(2)47-70-62-36-17-15-33-59(62)49-72(70)79)88(92-96-94-90)63-37-19-18-34-60(63)55-26-8-5-9-27-55/h5-47,50H,48-49H2,1-4H3. The molecule has 0 unspecified atom stereocenters. The summed E-state index contributed by atoms with van der Waals surface area (Å²) in [5.41, 5.74) is 34.9. The van der Waals surface area contributed by atoms with Gasteiger partial charge in [-0.05, 0) is 0 Å². The Hall–Kier alpha value is -11.8. The number of benzene rings is 13. The van der Waals surface area contributed by atoms with Crippen LogP contribution in [0, 0.1) is 27.7 Å². The number of furan rings is 1. The summed E-state index contributed by atoms with van der Waals surface area (Å²) < 4.78 is 9.67. The van der Waals surface area contributed by atoms with Crippen LogP contribution >= 0.6 is 0 Å². The van der Waals surface area contributed by atoms with Crippen LogP contribution in [-0.4, -0.2) is 45.3 Å². The number of hydrogen-bond acceptors (Lipinski definition) is 7. The van der Waals surface area contributed by atoms with Crippen LogP contribution in [0.5, 0.6) is 0 Å². The van der Waals surface area contributed by atoms with Gasteiger partial charge in [0.1, 0.15) is 0 Å². The minimum atomic E-state index is -0.0118. The third-order valence-corrected chi connectivity index (χ3v) is 23.2. The van der Waals surface area contributed by atoms with E-state index in [4.69, 9.17) is 35.2 Å². The number of aryl methyl sites for hydroxylation is 2. The molecule has 0 aliphatic heterocycles. The second-order valence-electron chi connectivity index (χ2n) is 26.1. The van der Waals surface area contributed by atoms with Crippen molar-refractivity contribution in [3.05, 3.63) is 311 Å². The van der Waals surface area contributed by atoms with E-state index < -0.39 is 0 Å². The van der Waals surface area contributed by atoms with Gasteiger partial charge in [-0.1, -0.05) is 60.7 Å². The Morgan fingerprint density at radius 2 is 0.745 bits per heavy atom. The van der Waals surface area contributed by atoms with Crippen LogP contribution in [0.2, 0.25) is 0 Å². The van der Waals surface area contributed by atoms with Gasteiger partial charge in [0.2, 0.25) is 0 Å². The summed E-state index contributed by atoms with van der Waals surface area (Å²) in [6, 6.07) is 96.9. The van der Waals surface area contributed by atoms with Gasteiger partial charge in [0, 0.05) is 0 Å². The number of fused-ring (bicyclic) bond motifs is 12. The summed E-state index contributed by atoms with van der Waals surface area (Å²) in [6.07, 6.45) is 1.47. The van der Waals surface area contributed by atoms with Crippen molar-refractivity contribution in [2.24, 2.45) is 0 Å². The van der Waals surface area contributed by atoms with Gasteiger partial charge in [-0.3, -0.25) is 0 Å². The van der Waals surface area contributed by atoms with Crippen molar-refractivity contribution in [2.75, 3.05) is 0 Å². The van der Waals surface area contributed by atoms with Crippen LogP contribution in [0.3, 0.4) is 0 Å². The van der Waals surface area contributed by atoms with E-state index in [0.29, 0.717) is 11.4 Å². The second kappa shape index (κ2) is 23.0. The molecule has 2 aliphatic rings. The second-order valence-corrected chi connectivity index (χ2v) is 28.4. The van der Waals surface area contributed by atoms with Crippen molar-refractivity contribution < 1.29 is 4.42 Å². The minimum Gasteiger partial charge on any atom is -0.0619 e. The zero-order chi connectivity index (χ0) is 65.3. The molecule has 0 bridgehead atoms. The Morgan fingerprint density at radius 3 is 1.40 bits per heavy atom. The van der Waals surface area contributed by atoms with Crippen LogP contribution in [0.25, 0.3) is 175 Å². The summed E-state index contributed by atoms with van der Waals surface area (Å²) >= 11 is -0.0118. The average Bonchev–Trinajstić information content (AvgIpc) is 1.14. The molecule has 0 amide bonds. The molecule has 13 aromatic carbocycles. The fourth-order valence-electron chi connectivity index (χ4n) is 16.2. The molecule has 4 aromatic heterocycles. The summed E-state index contributed by atoms with van der Waals surface area (Å²) in [4.78, 5) is 0. The molecule has 98 heavy (non-hydrogen) atoms. The van der Waals surface area contributed by atoms with E-state index in [1.54, 1.807) is 0 Å². The van der Waals surface area contributed by atoms with Gasteiger partial charge in [-0.15, -0.1) is 0 Å². The minimum absolute atomic E-state index is 0.0118. The number of hydrogen-bond donors (Lipinski definition) is 0. The molecule has 4 heterocycles. The molecule has 0 spiro atoms. The molecule has 0 N–H and O–H groups in total. The Bertz CT molecular complexity index is 6170. The quantitative estimate of drug-likeness (QED) is 0.126. The number of para-hydroxylation sites is 1. The molecule has 0 saturated heterocycles. The molecule has 7 nitrogen and oxygen atoms in total. The first kappa shape index (κ1) is 57.6. The summed E-state index contributed by atoms with van der Waals surface area (Å²) in [7, 11) is 0. The topological polar surface area (TPSA) is 90.5 Å². The smallest absolute Gasteiger partial charge is 0.0619 e. The van der Waals surface area contributed by atoms with Crippen molar-refractivity contribution in [1.29, 1.82) is 0 Å². The van der Waals surface area contributed by atoms with E-state index in [9.17, 15) is 0 Å². The fourth-order valence-corrected chi connectivity index (χ4v) is 18.6. The van der Waals surface area contributed by atoms with E-state index in [1.165, 1.54) is 74.9 Å². The van der Waals surface area contributed by atoms with E-state index in [1.807, 2.05) is 0 Å². The van der Waals surface area contributed by atoms with Gasteiger partial charge >= 0.3 is 516 Å². The normalized spacial score (nSPS) is 12.2. The van der Waals surface area contributed by atoms with Gasteiger partial charge in [0.15, 0.2) is 0 Å². The van der Waals surface area contributed by atoms with Crippen LogP contribution < -0.4 is 0 Å². The van der Waals surface area contributed by atoms with Crippen molar-refractivity contribution in [2.45, 2.75) is 40.5 Å². The monoisotopic (exact) mass is 1320 g/mol. The van der Waals surface area contributed by atoms with Gasteiger partial charge in [-0.2, -0.15) is 0 Å². The van der Waals surface area contributed by atoms with E-state index in [2.05, 4.69) is 295 Å². The van der Waals surface area contributed by atoms with Crippen LogP contribution in [0.1, 0.15) is 44.5 Å². The van der Waals surface area contributed by atoms with Crippen LogP contribution in [-0.2, 0) is 12.8 Å². The molecule has 8 heteroatoms. The molecular formula is C90H60N6OSe. The van der Waals surface area contributed by atoms with Crippen molar-refractivity contribution in [1.82, 2.24) is 30.8 Å². The van der Waals surface area contributed by atoms with Gasteiger partial charge in [-0.25, -0.2) is 0 Å². The predicted octanol–water partition coefficient (Wildman–Crippen LogP) is 22.4. The zero-order valence-corrected chi connectivity index (χ0v) is 56.0. The maximum atomic E-state index is 7.03. The first-order chi connectivity index (χ1) is 48.3. The number of aromatic nitrogens is 6. The SMILES string of the molecule is Cc1cc2c(c(-c3c(-c4ccccc4)nnnc3-c3cc(-c4ccccc4)c(-c4nnnc(-c5ccccc5-c5ccccc5)c4-c4c(C)c(C)cc5c4Cc4ccccc4-5)c(-c4cccc5[se]c6ccccc6c45)c3-c3cccc4oc5ccccc5c34)c1C)Cc1ccccc1-2. The Balaban J connectivity index is 1.07. The van der Waals surface area contributed by atoms with E-state index >= 15 is 0 Å². The number of rotatable bonds is 10. The Kier molecular flexibility index (Phi) is 13.5. The Labute approximate surface area is 573 Å². The van der Waals surface area contributed by atoms with E-state index in [-0.39, 0.29) is 14.5 Å². The number of nitrogens with zero attached hydrogens (tertiary/aromatic N) is 6. The molecule has 462 valence electrons. The first-order valence-electron chi connectivity index (χ1n) is 33.5.